The fourth-order valence-electron chi connectivity index (χ4n) is 8.11. The monoisotopic (exact) mass is 864 g/mol. The molecule has 0 aromatic rings. The summed E-state index contributed by atoms with van der Waals surface area (Å²) < 4.78 is 11.2. The molecule has 1 heterocycles. The summed E-state index contributed by atoms with van der Waals surface area (Å²) in [5, 5.41) is 54.1. The summed E-state index contributed by atoms with van der Waals surface area (Å²) in [6, 6.07) is -0.715. The first-order valence-electron chi connectivity index (χ1n) is 25.7. The molecule has 7 atom stereocenters. The minimum Gasteiger partial charge on any atom is -0.394 e. The first-order chi connectivity index (χ1) is 29.8. The number of amides is 1. The number of nitrogens with one attached hydrogen (secondary N) is 1. The maximum absolute atomic E-state index is 12.9. The van der Waals surface area contributed by atoms with Gasteiger partial charge in [0.25, 0.3) is 0 Å². The fraction of sp³-hybridized carbons (Fsp3) is 0.865. The number of allylic oxidation sites excluding steroid dienone is 6. The van der Waals surface area contributed by atoms with Crippen LogP contribution in [0.15, 0.2) is 36.5 Å². The Bertz CT molecular complexity index is 1050. The van der Waals surface area contributed by atoms with Gasteiger partial charge in [-0.25, -0.2) is 0 Å². The lowest BCUT2D eigenvalue weighted by atomic mass is 9.99. The Morgan fingerprint density at radius 2 is 0.967 bits per heavy atom. The van der Waals surface area contributed by atoms with Crippen LogP contribution in [-0.2, 0) is 14.3 Å². The average molecular weight is 864 g/mol. The summed E-state index contributed by atoms with van der Waals surface area (Å²) in [7, 11) is 0. The molecule has 1 saturated heterocycles. The molecule has 6 N–H and O–H groups in total. The van der Waals surface area contributed by atoms with Crippen LogP contribution in [0.3, 0.4) is 0 Å². The van der Waals surface area contributed by atoms with Crippen molar-refractivity contribution in [3.05, 3.63) is 36.5 Å². The molecule has 61 heavy (non-hydrogen) atoms. The lowest BCUT2D eigenvalue weighted by molar-refractivity contribution is -0.302. The van der Waals surface area contributed by atoms with Gasteiger partial charge in [-0.3, -0.25) is 4.79 Å². The minimum atomic E-state index is -1.55. The lowest BCUT2D eigenvalue weighted by Gasteiger charge is -2.40. The topological polar surface area (TPSA) is 149 Å². The second-order valence-electron chi connectivity index (χ2n) is 18.0. The van der Waals surface area contributed by atoms with Crippen LogP contribution in [0, 0.1) is 0 Å². The van der Waals surface area contributed by atoms with Gasteiger partial charge in [0, 0.05) is 6.42 Å². The van der Waals surface area contributed by atoms with Gasteiger partial charge in [0.15, 0.2) is 6.29 Å². The smallest absolute Gasteiger partial charge is 0.220 e. The highest BCUT2D eigenvalue weighted by Crippen LogP contribution is 2.23. The quantitative estimate of drug-likeness (QED) is 0.0262. The number of carbonyl (C=O) groups excluding carboxylic acids is 1. The highest BCUT2D eigenvalue weighted by atomic mass is 16.7. The third-order valence-corrected chi connectivity index (χ3v) is 12.2. The number of unbranched alkanes of at least 4 members (excludes halogenated alkanes) is 27. The first-order valence-corrected chi connectivity index (χ1v) is 25.7. The molecule has 0 radical (unpaired) electrons. The number of carbonyl (C=O) groups is 1. The molecule has 0 bridgehead atoms. The molecule has 0 saturated carbocycles. The number of hydrogen-bond donors (Lipinski definition) is 6. The van der Waals surface area contributed by atoms with E-state index in [1.54, 1.807) is 0 Å². The molecule has 0 spiro atoms. The van der Waals surface area contributed by atoms with E-state index in [2.05, 4.69) is 55.6 Å². The third kappa shape index (κ3) is 32.7. The second-order valence-corrected chi connectivity index (χ2v) is 18.0. The molecular formula is C52H97NO8. The van der Waals surface area contributed by atoms with E-state index in [0.717, 1.165) is 51.4 Å². The van der Waals surface area contributed by atoms with Crippen LogP contribution in [0.5, 0.6) is 0 Å². The average Bonchev–Trinajstić information content (AvgIpc) is 3.26. The van der Waals surface area contributed by atoms with E-state index >= 15 is 0 Å². The van der Waals surface area contributed by atoms with Gasteiger partial charge in [-0.1, -0.05) is 211 Å². The summed E-state index contributed by atoms with van der Waals surface area (Å²) >= 11 is 0. The molecular weight excluding hydrogens is 767 g/mol. The van der Waals surface area contributed by atoms with Crippen molar-refractivity contribution in [1.82, 2.24) is 5.32 Å². The molecule has 0 aromatic carbocycles. The summed E-state index contributed by atoms with van der Waals surface area (Å²) in [4.78, 5) is 12.9. The lowest BCUT2D eigenvalue weighted by Crippen LogP contribution is -2.60. The van der Waals surface area contributed by atoms with Crippen molar-refractivity contribution >= 4 is 5.91 Å². The molecule has 1 fully saturated rings. The van der Waals surface area contributed by atoms with Gasteiger partial charge < -0.3 is 40.3 Å². The normalized spacial score (nSPS) is 20.7. The Morgan fingerprint density at radius 1 is 0.557 bits per heavy atom. The van der Waals surface area contributed by atoms with Crippen LogP contribution in [0.1, 0.15) is 232 Å². The molecule has 1 aliphatic rings. The van der Waals surface area contributed by atoms with Crippen molar-refractivity contribution < 1.29 is 39.8 Å². The molecule has 7 unspecified atom stereocenters. The summed E-state index contributed by atoms with van der Waals surface area (Å²) in [5.41, 5.74) is 0. The Hall–Kier alpha value is -1.59. The highest BCUT2D eigenvalue weighted by Gasteiger charge is 2.44. The van der Waals surface area contributed by atoms with E-state index in [-0.39, 0.29) is 12.5 Å². The van der Waals surface area contributed by atoms with Crippen molar-refractivity contribution in [2.45, 2.75) is 275 Å². The second kappa shape index (κ2) is 42.4. The molecule has 9 heteroatoms. The molecule has 0 aliphatic carbocycles. The van der Waals surface area contributed by atoms with Crippen LogP contribution in [0.25, 0.3) is 0 Å². The number of aliphatic hydroxyl groups excluding tert-OH is 5. The van der Waals surface area contributed by atoms with E-state index in [4.69, 9.17) is 9.47 Å². The van der Waals surface area contributed by atoms with Gasteiger partial charge in [-0.15, -0.1) is 0 Å². The SMILES string of the molecule is CCCCCCC/C=C\C/C=C\C/C=C\CCCCCCCCCCCCCCCCCCC(=O)NC(COC1OC(CO)C(O)C(O)C1O)C(O)CCCCCCCCC. The molecule has 358 valence electrons. The summed E-state index contributed by atoms with van der Waals surface area (Å²) in [6.45, 7) is 3.77. The standard InChI is InChI=1S/C52H97NO8/c1-3-5-7-9-11-12-13-14-15-16-17-18-19-20-21-22-23-24-25-26-27-28-29-30-31-32-33-34-36-38-40-42-48(56)53-45(46(55)41-39-37-35-10-8-6-4-2)44-60-52-51(59)50(58)49(57)47(43-54)61-52/h13-14,16-17,19-20,45-47,49-52,54-55,57-59H,3-12,15,18,21-44H2,1-2H3,(H,53,56)/b14-13-,17-16-,20-19-. The summed E-state index contributed by atoms with van der Waals surface area (Å²) in [5.74, 6) is -0.148. The van der Waals surface area contributed by atoms with Gasteiger partial charge in [0.1, 0.15) is 24.4 Å². The van der Waals surface area contributed by atoms with E-state index in [1.807, 2.05) is 0 Å². The van der Waals surface area contributed by atoms with Crippen LogP contribution < -0.4 is 5.32 Å². The van der Waals surface area contributed by atoms with Gasteiger partial charge in [-0.05, 0) is 51.4 Å². The van der Waals surface area contributed by atoms with Crippen molar-refractivity contribution in [3.8, 4) is 0 Å². The Balaban J connectivity index is 2.07. The number of ether oxygens (including phenoxy) is 2. The number of hydrogen-bond acceptors (Lipinski definition) is 8. The largest absolute Gasteiger partial charge is 0.394 e. The Kier molecular flexibility index (Phi) is 39.9. The van der Waals surface area contributed by atoms with Gasteiger partial charge in [-0.2, -0.15) is 0 Å². The van der Waals surface area contributed by atoms with Crippen molar-refractivity contribution in [1.29, 1.82) is 0 Å². The van der Waals surface area contributed by atoms with Crippen LogP contribution in [-0.4, -0.2) is 87.5 Å². The van der Waals surface area contributed by atoms with Gasteiger partial charge in [0.2, 0.25) is 5.91 Å². The zero-order valence-corrected chi connectivity index (χ0v) is 39.4. The molecule has 0 aromatic heterocycles. The molecule has 1 amide bonds. The maximum atomic E-state index is 12.9. The molecule has 1 aliphatic heterocycles. The Morgan fingerprint density at radius 3 is 1.43 bits per heavy atom. The summed E-state index contributed by atoms with van der Waals surface area (Å²) in [6.07, 6.45) is 46.3. The van der Waals surface area contributed by atoms with Crippen LogP contribution in [0.2, 0.25) is 0 Å². The van der Waals surface area contributed by atoms with E-state index in [0.29, 0.717) is 12.8 Å². The number of rotatable bonds is 43. The Labute approximate surface area is 374 Å². The highest BCUT2D eigenvalue weighted by molar-refractivity contribution is 5.76. The van der Waals surface area contributed by atoms with Crippen LogP contribution in [0.4, 0.5) is 0 Å². The maximum Gasteiger partial charge on any atom is 0.220 e. The van der Waals surface area contributed by atoms with E-state index < -0.39 is 49.5 Å². The first kappa shape index (κ1) is 57.4. The predicted molar refractivity (Wildman–Crippen MR) is 253 cm³/mol. The van der Waals surface area contributed by atoms with Crippen molar-refractivity contribution in [3.63, 3.8) is 0 Å². The predicted octanol–water partition coefficient (Wildman–Crippen LogP) is 11.6. The van der Waals surface area contributed by atoms with E-state index in [1.165, 1.54) is 154 Å². The number of aliphatic hydroxyl groups is 5. The molecule has 9 nitrogen and oxygen atoms in total. The third-order valence-electron chi connectivity index (χ3n) is 12.2. The van der Waals surface area contributed by atoms with Gasteiger partial charge in [0.05, 0.1) is 25.4 Å². The molecule has 1 rings (SSSR count). The van der Waals surface area contributed by atoms with Crippen LogP contribution >= 0.6 is 0 Å². The van der Waals surface area contributed by atoms with Crippen molar-refractivity contribution in [2.24, 2.45) is 0 Å². The minimum absolute atomic E-state index is 0.138. The van der Waals surface area contributed by atoms with Crippen molar-refractivity contribution in [2.75, 3.05) is 13.2 Å². The zero-order chi connectivity index (χ0) is 44.4. The van der Waals surface area contributed by atoms with Gasteiger partial charge >= 0.3 is 0 Å². The fourth-order valence-corrected chi connectivity index (χ4v) is 8.11. The zero-order valence-electron chi connectivity index (χ0n) is 39.4. The van der Waals surface area contributed by atoms with E-state index in [9.17, 15) is 30.3 Å².